The van der Waals surface area contributed by atoms with Crippen molar-refractivity contribution in [3.05, 3.63) is 34.3 Å². The molecule has 1 fully saturated rings. The quantitative estimate of drug-likeness (QED) is 0.784. The Morgan fingerprint density at radius 3 is 2.54 bits per heavy atom. The van der Waals surface area contributed by atoms with Gasteiger partial charge in [0.1, 0.15) is 17.5 Å². The zero-order valence-electron chi connectivity index (χ0n) is 15.2. The van der Waals surface area contributed by atoms with Crippen LogP contribution in [0.25, 0.3) is 16.6 Å². The van der Waals surface area contributed by atoms with Crippen molar-refractivity contribution in [1.82, 2.24) is 9.47 Å². The smallest absolute Gasteiger partial charge is 0.459 e. The fourth-order valence-corrected chi connectivity index (χ4v) is 3.51. The monoisotopic (exact) mass is 393 g/mol. The molecule has 1 saturated heterocycles. The average molecular weight is 393 g/mol. The molecule has 0 unspecified atom stereocenters. The molecule has 2 aliphatic rings. The number of aromatic nitrogens is 1. The molecular formula is C18H17F2N3O5. The fraction of sp³-hybridized carbons (Fsp3) is 0.333. The summed E-state index contributed by atoms with van der Waals surface area (Å²) in [6, 6.07) is 0. The number of halogens is 2. The molecule has 1 aromatic heterocycles. The van der Waals surface area contributed by atoms with E-state index in [4.69, 9.17) is 9.84 Å². The van der Waals surface area contributed by atoms with Gasteiger partial charge >= 0.3 is 6.16 Å². The van der Waals surface area contributed by atoms with Gasteiger partial charge in [-0.2, -0.15) is 0 Å². The molecule has 0 bridgehead atoms. The van der Waals surface area contributed by atoms with Gasteiger partial charge in [0.15, 0.2) is 23.1 Å². The molecule has 148 valence electrons. The number of nitrogens with zero attached hydrogens (tertiary/aromatic N) is 3. The molecule has 3 heterocycles. The summed E-state index contributed by atoms with van der Waals surface area (Å²) in [5.74, 6) is -3.18. The number of likely N-dealkylation sites (N-methyl/N-ethyl adjacent to an activating group) is 1. The SMILES string of the molecule is CC1=COc2c(N3CCN(C)CC3)c(F)c(F)c3c(=O)c(OC(=O)O)cn1c23. The second-order valence-corrected chi connectivity index (χ2v) is 6.76. The molecule has 2 aromatic rings. The summed E-state index contributed by atoms with van der Waals surface area (Å²) >= 11 is 0. The zero-order chi connectivity index (χ0) is 20.2. The number of hydrogen-bond donors (Lipinski definition) is 1. The Morgan fingerprint density at radius 2 is 1.89 bits per heavy atom. The molecule has 1 aromatic carbocycles. The van der Waals surface area contributed by atoms with Crippen molar-refractivity contribution in [2.24, 2.45) is 0 Å². The van der Waals surface area contributed by atoms with Gasteiger partial charge < -0.3 is 28.9 Å². The number of benzene rings is 1. The number of piperazine rings is 1. The predicted molar refractivity (Wildman–Crippen MR) is 97.1 cm³/mol. The van der Waals surface area contributed by atoms with Gasteiger partial charge in [-0.05, 0) is 14.0 Å². The van der Waals surface area contributed by atoms with Crippen LogP contribution in [0, 0.1) is 11.6 Å². The van der Waals surface area contributed by atoms with Crippen molar-refractivity contribution in [3.63, 3.8) is 0 Å². The fourth-order valence-electron chi connectivity index (χ4n) is 3.51. The zero-order valence-corrected chi connectivity index (χ0v) is 15.2. The van der Waals surface area contributed by atoms with Crippen LogP contribution < -0.4 is 19.8 Å². The summed E-state index contributed by atoms with van der Waals surface area (Å²) in [5.41, 5.74) is -0.630. The minimum absolute atomic E-state index is 0.0167. The first-order valence-electron chi connectivity index (χ1n) is 8.58. The van der Waals surface area contributed by atoms with Crippen LogP contribution in [0.3, 0.4) is 0 Å². The minimum Gasteiger partial charge on any atom is -0.459 e. The van der Waals surface area contributed by atoms with Crippen LogP contribution in [0.4, 0.5) is 19.3 Å². The van der Waals surface area contributed by atoms with Gasteiger partial charge in [0.25, 0.3) is 0 Å². The maximum Gasteiger partial charge on any atom is 0.511 e. The molecule has 28 heavy (non-hydrogen) atoms. The van der Waals surface area contributed by atoms with E-state index in [1.165, 1.54) is 10.8 Å². The lowest BCUT2D eigenvalue weighted by atomic mass is 10.1. The number of rotatable bonds is 2. The number of carbonyl (C=O) groups is 1. The van der Waals surface area contributed by atoms with Gasteiger partial charge in [0.05, 0.1) is 17.3 Å². The van der Waals surface area contributed by atoms with E-state index in [1.807, 2.05) is 7.05 Å². The summed E-state index contributed by atoms with van der Waals surface area (Å²) in [5, 5.41) is 8.22. The van der Waals surface area contributed by atoms with Crippen LogP contribution in [0.15, 0.2) is 17.3 Å². The Labute approximate surface area is 157 Å². The second kappa shape index (κ2) is 6.48. The van der Waals surface area contributed by atoms with Gasteiger partial charge in [-0.1, -0.05) is 0 Å². The van der Waals surface area contributed by atoms with Crippen LogP contribution in [-0.2, 0) is 0 Å². The van der Waals surface area contributed by atoms with Crippen molar-refractivity contribution in [2.75, 3.05) is 38.1 Å². The molecule has 10 heteroatoms. The van der Waals surface area contributed by atoms with Crippen LogP contribution in [-0.4, -0.2) is 54.0 Å². The van der Waals surface area contributed by atoms with Gasteiger partial charge in [-0.15, -0.1) is 0 Å². The third kappa shape index (κ3) is 2.68. The van der Waals surface area contributed by atoms with Crippen molar-refractivity contribution in [1.29, 1.82) is 0 Å². The summed E-state index contributed by atoms with van der Waals surface area (Å²) in [6.45, 7) is 3.86. The average Bonchev–Trinajstić information content (AvgIpc) is 2.64. The molecular weight excluding hydrogens is 376 g/mol. The van der Waals surface area contributed by atoms with E-state index in [0.717, 1.165) is 6.20 Å². The van der Waals surface area contributed by atoms with Crippen molar-refractivity contribution >= 4 is 28.4 Å². The lowest BCUT2D eigenvalue weighted by Crippen LogP contribution is -2.45. The Kier molecular flexibility index (Phi) is 4.22. The summed E-state index contributed by atoms with van der Waals surface area (Å²) in [7, 11) is 1.93. The second-order valence-electron chi connectivity index (χ2n) is 6.76. The molecule has 2 aliphatic heterocycles. The van der Waals surface area contributed by atoms with Crippen molar-refractivity contribution in [3.8, 4) is 11.5 Å². The Hall–Kier alpha value is -3.14. The first-order chi connectivity index (χ1) is 13.3. The van der Waals surface area contributed by atoms with Crippen LogP contribution in [0.2, 0.25) is 0 Å². The van der Waals surface area contributed by atoms with E-state index in [2.05, 4.69) is 9.64 Å². The van der Waals surface area contributed by atoms with Crippen LogP contribution in [0.5, 0.6) is 11.5 Å². The lowest BCUT2D eigenvalue weighted by molar-refractivity contribution is 0.144. The van der Waals surface area contributed by atoms with E-state index in [-0.39, 0.29) is 17.0 Å². The Bertz CT molecular complexity index is 1090. The molecule has 4 rings (SSSR count). The maximum atomic E-state index is 15.1. The third-order valence-corrected chi connectivity index (χ3v) is 4.97. The first kappa shape index (κ1) is 18.2. The van der Waals surface area contributed by atoms with Gasteiger partial charge in [0, 0.05) is 26.2 Å². The molecule has 0 atom stereocenters. The maximum absolute atomic E-state index is 15.1. The molecule has 8 nitrogen and oxygen atoms in total. The first-order valence-corrected chi connectivity index (χ1v) is 8.58. The number of allylic oxidation sites excluding steroid dienone is 1. The molecule has 0 saturated carbocycles. The largest absolute Gasteiger partial charge is 0.511 e. The van der Waals surface area contributed by atoms with E-state index >= 15 is 8.78 Å². The molecule has 1 N–H and O–H groups in total. The lowest BCUT2D eigenvalue weighted by Gasteiger charge is -2.35. The van der Waals surface area contributed by atoms with Crippen LogP contribution in [0.1, 0.15) is 6.92 Å². The van der Waals surface area contributed by atoms with Crippen molar-refractivity contribution in [2.45, 2.75) is 6.92 Å². The van der Waals surface area contributed by atoms with E-state index in [9.17, 15) is 9.59 Å². The Balaban J connectivity index is 2.03. The van der Waals surface area contributed by atoms with Gasteiger partial charge in [-0.3, -0.25) is 4.79 Å². The number of carboxylic acid groups (broad SMARTS) is 1. The number of pyridine rings is 1. The summed E-state index contributed by atoms with van der Waals surface area (Å²) in [4.78, 5) is 27.2. The predicted octanol–water partition coefficient (Wildman–Crippen LogP) is 2.30. The highest BCUT2D eigenvalue weighted by atomic mass is 19.2. The highest BCUT2D eigenvalue weighted by Gasteiger charge is 2.32. The van der Waals surface area contributed by atoms with E-state index in [1.54, 1.807) is 11.8 Å². The van der Waals surface area contributed by atoms with E-state index < -0.39 is 34.4 Å². The highest BCUT2D eigenvalue weighted by molar-refractivity contribution is 5.95. The highest BCUT2D eigenvalue weighted by Crippen LogP contribution is 2.43. The molecule has 0 amide bonds. The number of anilines is 1. The minimum atomic E-state index is -1.73. The molecule has 0 aliphatic carbocycles. The van der Waals surface area contributed by atoms with Gasteiger partial charge in [0.2, 0.25) is 5.43 Å². The number of ether oxygens (including phenoxy) is 2. The third-order valence-electron chi connectivity index (χ3n) is 4.97. The number of hydrogen-bond acceptors (Lipinski definition) is 6. The Morgan fingerprint density at radius 1 is 1.21 bits per heavy atom. The normalized spacial score (nSPS) is 16.7. The van der Waals surface area contributed by atoms with Crippen molar-refractivity contribution < 1.29 is 28.2 Å². The topological polar surface area (TPSA) is 84.2 Å². The van der Waals surface area contributed by atoms with Crippen LogP contribution >= 0.6 is 0 Å². The molecule has 0 spiro atoms. The standard InChI is InChI=1S/C18H17F2N3O5/c1-9-8-27-17-14-11(16(24)10(7-23(9)14)28-18(25)26)12(19)13(20)15(17)22-5-3-21(2)4-6-22/h7-8H,3-6H2,1-2H3,(H,25,26). The summed E-state index contributed by atoms with van der Waals surface area (Å²) in [6.07, 6.45) is 0.739. The summed E-state index contributed by atoms with van der Waals surface area (Å²) < 4.78 is 41.5. The van der Waals surface area contributed by atoms with E-state index in [0.29, 0.717) is 31.9 Å². The molecule has 0 radical (unpaired) electrons. The van der Waals surface area contributed by atoms with Gasteiger partial charge in [-0.25, -0.2) is 13.6 Å².